The molecule has 1 saturated heterocycles. The van der Waals surface area contributed by atoms with Gasteiger partial charge in [0.25, 0.3) is 0 Å². The highest BCUT2D eigenvalue weighted by Gasteiger charge is 2.29. The maximum atomic E-state index is 6.31. The number of halogens is 1. The Hall–Kier alpha value is -0.840. The van der Waals surface area contributed by atoms with Crippen LogP contribution in [0.4, 0.5) is 5.82 Å². The van der Waals surface area contributed by atoms with Gasteiger partial charge in [-0.15, -0.1) is 0 Å². The second-order valence-corrected chi connectivity index (χ2v) is 5.13. The van der Waals surface area contributed by atoms with Crippen LogP contribution in [0.2, 0.25) is 5.02 Å². The number of ether oxygens (including phenoxy) is 1. The van der Waals surface area contributed by atoms with Crippen LogP contribution in [0, 0.1) is 0 Å². The van der Waals surface area contributed by atoms with E-state index < -0.39 is 0 Å². The first-order valence-electron chi connectivity index (χ1n) is 6.27. The molecule has 1 aliphatic heterocycles. The van der Waals surface area contributed by atoms with Gasteiger partial charge in [-0.1, -0.05) is 11.6 Å². The number of pyridine rings is 1. The smallest absolute Gasteiger partial charge is 0.147 e. The molecule has 0 aliphatic carbocycles. The van der Waals surface area contributed by atoms with Crippen LogP contribution in [0.15, 0.2) is 12.3 Å². The van der Waals surface area contributed by atoms with Gasteiger partial charge in [-0.2, -0.15) is 0 Å². The van der Waals surface area contributed by atoms with Crippen LogP contribution < -0.4 is 10.2 Å². The van der Waals surface area contributed by atoms with Crippen molar-refractivity contribution < 1.29 is 4.74 Å². The highest BCUT2D eigenvalue weighted by Crippen LogP contribution is 2.28. The molecule has 0 bridgehead atoms. The third-order valence-corrected chi connectivity index (χ3v) is 3.71. The predicted molar refractivity (Wildman–Crippen MR) is 74.2 cm³/mol. The van der Waals surface area contributed by atoms with E-state index in [-0.39, 0.29) is 6.10 Å². The zero-order chi connectivity index (χ0) is 13.1. The summed E-state index contributed by atoms with van der Waals surface area (Å²) in [5.41, 5.74) is 1.09. The van der Waals surface area contributed by atoms with Crippen LogP contribution in [0.5, 0.6) is 0 Å². The zero-order valence-corrected chi connectivity index (χ0v) is 11.9. The molecule has 0 saturated carbocycles. The van der Waals surface area contributed by atoms with Gasteiger partial charge >= 0.3 is 0 Å². The predicted octanol–water partition coefficient (Wildman–Crippen LogP) is 2.07. The van der Waals surface area contributed by atoms with Gasteiger partial charge in [-0.25, -0.2) is 4.98 Å². The summed E-state index contributed by atoms with van der Waals surface area (Å²) in [5, 5.41) is 3.79. The minimum atomic E-state index is 0.227. The molecule has 0 radical (unpaired) electrons. The molecule has 1 fully saturated rings. The number of hydrogen-bond donors (Lipinski definition) is 1. The first-order valence-corrected chi connectivity index (χ1v) is 6.64. The molecule has 2 rings (SSSR count). The Bertz CT molecular complexity index is 413. The van der Waals surface area contributed by atoms with E-state index in [1.54, 1.807) is 0 Å². The molecule has 2 heterocycles. The fourth-order valence-electron chi connectivity index (χ4n) is 2.42. The van der Waals surface area contributed by atoms with Gasteiger partial charge in [-0.05, 0) is 32.0 Å². The molecule has 1 aromatic rings. The second kappa shape index (κ2) is 5.87. The van der Waals surface area contributed by atoms with Crippen molar-refractivity contribution in [2.24, 2.45) is 0 Å². The first-order chi connectivity index (χ1) is 8.63. The van der Waals surface area contributed by atoms with E-state index in [9.17, 15) is 0 Å². The van der Waals surface area contributed by atoms with Gasteiger partial charge in [0.1, 0.15) is 5.82 Å². The Morgan fingerprint density at radius 1 is 1.61 bits per heavy atom. The van der Waals surface area contributed by atoms with Gasteiger partial charge in [0, 0.05) is 26.4 Å². The van der Waals surface area contributed by atoms with Crippen molar-refractivity contribution in [3.63, 3.8) is 0 Å². The van der Waals surface area contributed by atoms with E-state index >= 15 is 0 Å². The van der Waals surface area contributed by atoms with Crippen molar-refractivity contribution in [2.75, 3.05) is 25.6 Å². The monoisotopic (exact) mass is 269 g/mol. The molecule has 2 atom stereocenters. The molecule has 0 spiro atoms. The summed E-state index contributed by atoms with van der Waals surface area (Å²) in [7, 11) is 3.94. The standard InChI is InChI=1S/C13H20ClN3O/c1-9-12(4-5-18-9)17(3)13-11(14)6-10(7-15-2)8-16-13/h6,8-9,12,15H,4-5,7H2,1-3H3. The third kappa shape index (κ3) is 2.76. The summed E-state index contributed by atoms with van der Waals surface area (Å²) in [6.07, 6.45) is 3.12. The summed E-state index contributed by atoms with van der Waals surface area (Å²) in [4.78, 5) is 6.60. The lowest BCUT2D eigenvalue weighted by atomic mass is 10.1. The molecule has 2 unspecified atom stereocenters. The number of anilines is 1. The topological polar surface area (TPSA) is 37.4 Å². The molecule has 0 amide bonds. The molecule has 18 heavy (non-hydrogen) atoms. The van der Waals surface area contributed by atoms with E-state index in [2.05, 4.69) is 22.1 Å². The number of hydrogen-bond acceptors (Lipinski definition) is 4. The average Bonchev–Trinajstić information content (AvgIpc) is 2.75. The number of nitrogens with one attached hydrogen (secondary N) is 1. The SMILES string of the molecule is CNCc1cnc(N(C)C2CCOC2C)c(Cl)c1. The Labute approximate surface area is 113 Å². The number of rotatable bonds is 4. The van der Waals surface area contributed by atoms with Crippen molar-refractivity contribution in [1.82, 2.24) is 10.3 Å². The second-order valence-electron chi connectivity index (χ2n) is 4.72. The fourth-order valence-corrected chi connectivity index (χ4v) is 2.74. The molecule has 0 aromatic carbocycles. The Morgan fingerprint density at radius 3 is 2.94 bits per heavy atom. The molecule has 1 aromatic heterocycles. The van der Waals surface area contributed by atoms with Crippen LogP contribution in [0.25, 0.3) is 0 Å². The van der Waals surface area contributed by atoms with Gasteiger partial charge in [0.15, 0.2) is 0 Å². The minimum Gasteiger partial charge on any atom is -0.376 e. The number of likely N-dealkylation sites (N-methyl/N-ethyl adjacent to an activating group) is 1. The lowest BCUT2D eigenvalue weighted by Crippen LogP contribution is -2.37. The lowest BCUT2D eigenvalue weighted by Gasteiger charge is -2.28. The van der Waals surface area contributed by atoms with Crippen molar-refractivity contribution in [3.05, 3.63) is 22.8 Å². The Kier molecular flexibility index (Phi) is 4.43. The highest BCUT2D eigenvalue weighted by atomic mass is 35.5. The van der Waals surface area contributed by atoms with Crippen molar-refractivity contribution in [1.29, 1.82) is 0 Å². The summed E-state index contributed by atoms with van der Waals surface area (Å²) in [6.45, 7) is 3.68. The summed E-state index contributed by atoms with van der Waals surface area (Å²) < 4.78 is 5.59. The van der Waals surface area contributed by atoms with E-state index in [0.29, 0.717) is 11.1 Å². The molecular weight excluding hydrogens is 250 g/mol. The fraction of sp³-hybridized carbons (Fsp3) is 0.615. The first kappa shape index (κ1) is 13.6. The number of nitrogens with zero attached hydrogens (tertiary/aromatic N) is 2. The normalized spacial score (nSPS) is 23.3. The van der Waals surface area contributed by atoms with Crippen LogP contribution >= 0.6 is 11.6 Å². The van der Waals surface area contributed by atoms with Crippen LogP contribution in [0.1, 0.15) is 18.9 Å². The maximum absolute atomic E-state index is 6.31. The molecular formula is C13H20ClN3O. The van der Waals surface area contributed by atoms with Crippen LogP contribution in [-0.4, -0.2) is 37.8 Å². The van der Waals surface area contributed by atoms with E-state index in [0.717, 1.165) is 31.0 Å². The Morgan fingerprint density at radius 2 is 2.39 bits per heavy atom. The van der Waals surface area contributed by atoms with Gasteiger partial charge in [-0.3, -0.25) is 0 Å². The largest absolute Gasteiger partial charge is 0.376 e. The van der Waals surface area contributed by atoms with E-state index in [4.69, 9.17) is 16.3 Å². The van der Waals surface area contributed by atoms with Crippen molar-refractivity contribution in [3.8, 4) is 0 Å². The van der Waals surface area contributed by atoms with Gasteiger partial charge < -0.3 is 15.0 Å². The third-order valence-electron chi connectivity index (χ3n) is 3.43. The molecule has 100 valence electrons. The van der Waals surface area contributed by atoms with Crippen LogP contribution in [0.3, 0.4) is 0 Å². The maximum Gasteiger partial charge on any atom is 0.147 e. The highest BCUT2D eigenvalue weighted by molar-refractivity contribution is 6.33. The van der Waals surface area contributed by atoms with E-state index in [1.807, 2.05) is 26.4 Å². The zero-order valence-electron chi connectivity index (χ0n) is 11.1. The van der Waals surface area contributed by atoms with E-state index in [1.165, 1.54) is 0 Å². The minimum absolute atomic E-state index is 0.227. The summed E-state index contributed by atoms with van der Waals surface area (Å²) in [5.74, 6) is 0.832. The number of aromatic nitrogens is 1. The Balaban J connectivity index is 2.17. The molecule has 1 aliphatic rings. The lowest BCUT2D eigenvalue weighted by molar-refractivity contribution is 0.118. The molecule has 1 N–H and O–H groups in total. The summed E-state index contributed by atoms with van der Waals surface area (Å²) in [6, 6.07) is 2.32. The van der Waals surface area contributed by atoms with Crippen molar-refractivity contribution in [2.45, 2.75) is 32.0 Å². The molecule has 5 heteroatoms. The van der Waals surface area contributed by atoms with Gasteiger partial charge in [0.2, 0.25) is 0 Å². The summed E-state index contributed by atoms with van der Waals surface area (Å²) >= 11 is 6.31. The average molecular weight is 270 g/mol. The quantitative estimate of drug-likeness (QED) is 0.908. The van der Waals surface area contributed by atoms with Crippen LogP contribution in [-0.2, 0) is 11.3 Å². The van der Waals surface area contributed by atoms with Gasteiger partial charge in [0.05, 0.1) is 17.2 Å². The van der Waals surface area contributed by atoms with Crippen molar-refractivity contribution >= 4 is 17.4 Å². The molecule has 4 nitrogen and oxygen atoms in total.